The first-order valence-electron chi connectivity index (χ1n) is 11.1. The van der Waals surface area contributed by atoms with Gasteiger partial charge in [0.25, 0.3) is 0 Å². The molecule has 0 atom stereocenters. The highest BCUT2D eigenvalue weighted by atomic mass is 16.6. The molecule has 8 heteroatoms. The molecule has 1 amide bonds. The second-order valence-corrected chi connectivity index (χ2v) is 10.3. The fourth-order valence-electron chi connectivity index (χ4n) is 3.98. The van der Waals surface area contributed by atoms with Gasteiger partial charge in [-0.2, -0.15) is 5.26 Å². The zero-order chi connectivity index (χ0) is 22.8. The van der Waals surface area contributed by atoms with Crippen molar-refractivity contribution in [3.63, 3.8) is 0 Å². The van der Waals surface area contributed by atoms with E-state index in [1.54, 1.807) is 4.90 Å². The van der Waals surface area contributed by atoms with E-state index in [0.29, 0.717) is 31.9 Å². The second-order valence-electron chi connectivity index (χ2n) is 10.3. The minimum absolute atomic E-state index is 0.160. The number of nitrogens with zero attached hydrogens (tertiary/aromatic N) is 6. The van der Waals surface area contributed by atoms with E-state index in [-0.39, 0.29) is 11.6 Å². The third-order valence-electron chi connectivity index (χ3n) is 5.76. The molecule has 3 heterocycles. The number of rotatable bonds is 2. The van der Waals surface area contributed by atoms with Crippen LogP contribution in [0.4, 0.5) is 16.3 Å². The molecule has 0 saturated carbocycles. The van der Waals surface area contributed by atoms with Crippen LogP contribution in [0.15, 0.2) is 12.1 Å². The summed E-state index contributed by atoms with van der Waals surface area (Å²) in [7, 11) is 0. The van der Waals surface area contributed by atoms with Crippen LogP contribution in [0.1, 0.15) is 47.2 Å². The van der Waals surface area contributed by atoms with Gasteiger partial charge in [0.05, 0.1) is 0 Å². The highest BCUT2D eigenvalue weighted by molar-refractivity contribution is 5.69. The topological polar surface area (TPSA) is 75.9 Å². The van der Waals surface area contributed by atoms with E-state index in [1.807, 2.05) is 26.8 Å². The van der Waals surface area contributed by atoms with Crippen LogP contribution < -0.4 is 9.80 Å². The zero-order valence-corrected chi connectivity index (χ0v) is 19.8. The molecule has 0 spiro atoms. The van der Waals surface area contributed by atoms with Crippen LogP contribution in [-0.4, -0.2) is 84.4 Å². The van der Waals surface area contributed by atoms with E-state index in [4.69, 9.17) is 4.74 Å². The second kappa shape index (κ2) is 8.91. The summed E-state index contributed by atoms with van der Waals surface area (Å²) in [5.41, 5.74) is 1.09. The number of nitriles is 1. The summed E-state index contributed by atoms with van der Waals surface area (Å²) in [6.07, 6.45) is -0.267. The number of pyridine rings is 1. The molecule has 3 rings (SSSR count). The van der Waals surface area contributed by atoms with Gasteiger partial charge in [0.15, 0.2) is 0 Å². The van der Waals surface area contributed by atoms with Gasteiger partial charge in [-0.3, -0.25) is 4.90 Å². The first-order chi connectivity index (χ1) is 14.5. The van der Waals surface area contributed by atoms with Crippen LogP contribution in [0.25, 0.3) is 0 Å². The number of ether oxygens (including phenoxy) is 1. The predicted molar refractivity (Wildman–Crippen MR) is 123 cm³/mol. The first kappa shape index (κ1) is 23.1. The smallest absolute Gasteiger partial charge is 0.410 e. The number of amides is 1. The molecule has 31 heavy (non-hydrogen) atoms. The van der Waals surface area contributed by atoms with Crippen molar-refractivity contribution in [1.29, 1.82) is 5.26 Å². The molecule has 1 aromatic rings. The molecule has 0 bridgehead atoms. The Morgan fingerprint density at radius 3 is 2.03 bits per heavy atom. The van der Waals surface area contributed by atoms with Crippen molar-refractivity contribution in [2.45, 2.75) is 52.7 Å². The molecular formula is C23H36N6O2. The summed E-state index contributed by atoms with van der Waals surface area (Å²) in [4.78, 5) is 25.6. The quantitative estimate of drug-likeness (QED) is 0.717. The molecule has 170 valence electrons. The van der Waals surface area contributed by atoms with Gasteiger partial charge in [-0.25, -0.2) is 9.78 Å². The van der Waals surface area contributed by atoms with Crippen molar-refractivity contribution in [3.05, 3.63) is 17.8 Å². The third kappa shape index (κ3) is 6.01. The van der Waals surface area contributed by atoms with Gasteiger partial charge in [-0.15, -0.1) is 0 Å². The van der Waals surface area contributed by atoms with Crippen LogP contribution in [0, 0.1) is 11.3 Å². The summed E-state index contributed by atoms with van der Waals surface area (Å²) in [5.74, 6) is 0.859. The molecule has 8 nitrogen and oxygen atoms in total. The molecule has 0 radical (unpaired) electrons. The largest absolute Gasteiger partial charge is 0.444 e. The average molecular weight is 429 g/mol. The maximum atomic E-state index is 12.3. The van der Waals surface area contributed by atoms with E-state index >= 15 is 0 Å². The molecule has 0 N–H and O–H groups in total. The van der Waals surface area contributed by atoms with Crippen molar-refractivity contribution in [2.24, 2.45) is 0 Å². The molecule has 0 unspecified atom stereocenters. The molecule has 2 fully saturated rings. The average Bonchev–Trinajstić information content (AvgIpc) is 2.71. The maximum Gasteiger partial charge on any atom is 0.410 e. The molecule has 2 saturated heterocycles. The summed E-state index contributed by atoms with van der Waals surface area (Å²) in [5, 5.41) is 9.53. The fraction of sp³-hybridized carbons (Fsp3) is 0.696. The van der Waals surface area contributed by atoms with E-state index < -0.39 is 5.60 Å². The Kier molecular flexibility index (Phi) is 6.65. The Labute approximate surface area is 186 Å². The van der Waals surface area contributed by atoms with Gasteiger partial charge < -0.3 is 19.4 Å². The van der Waals surface area contributed by atoms with Crippen molar-refractivity contribution >= 4 is 17.6 Å². The SMILES string of the molecule is CC(C)(C)OC(=O)N1CCN(c2cc(C#N)nc(N3CCN(C(C)(C)C)CC3)c2)CC1. The van der Waals surface area contributed by atoms with E-state index in [1.165, 1.54) is 0 Å². The molecule has 0 aromatic carbocycles. The van der Waals surface area contributed by atoms with Crippen molar-refractivity contribution in [3.8, 4) is 6.07 Å². The zero-order valence-electron chi connectivity index (χ0n) is 19.8. The number of aromatic nitrogens is 1. The van der Waals surface area contributed by atoms with Gasteiger partial charge >= 0.3 is 6.09 Å². The van der Waals surface area contributed by atoms with E-state index in [2.05, 4.69) is 52.6 Å². The van der Waals surface area contributed by atoms with E-state index in [0.717, 1.165) is 37.7 Å². The van der Waals surface area contributed by atoms with Gasteiger partial charge in [-0.1, -0.05) is 0 Å². The number of carbonyl (C=O) groups is 1. The highest BCUT2D eigenvalue weighted by Crippen LogP contribution is 2.26. The van der Waals surface area contributed by atoms with E-state index in [9.17, 15) is 10.1 Å². The van der Waals surface area contributed by atoms with Gasteiger partial charge in [0, 0.05) is 69.7 Å². The predicted octanol–water partition coefficient (Wildman–Crippen LogP) is 2.93. The number of anilines is 2. The monoisotopic (exact) mass is 428 g/mol. The van der Waals surface area contributed by atoms with Gasteiger partial charge in [0.1, 0.15) is 23.2 Å². The third-order valence-corrected chi connectivity index (χ3v) is 5.76. The molecule has 1 aromatic heterocycles. The minimum Gasteiger partial charge on any atom is -0.444 e. The lowest BCUT2D eigenvalue weighted by Crippen LogP contribution is -2.53. The number of carbonyl (C=O) groups excluding carboxylic acids is 1. The van der Waals surface area contributed by atoms with Crippen LogP contribution in [0.5, 0.6) is 0 Å². The Morgan fingerprint density at radius 2 is 1.52 bits per heavy atom. The fourth-order valence-corrected chi connectivity index (χ4v) is 3.98. The summed E-state index contributed by atoms with van der Waals surface area (Å²) in [6, 6.07) is 6.14. The number of piperazine rings is 2. The van der Waals surface area contributed by atoms with Gasteiger partial charge in [-0.05, 0) is 47.6 Å². The first-order valence-corrected chi connectivity index (χ1v) is 11.1. The van der Waals surface area contributed by atoms with Crippen molar-refractivity contribution in [1.82, 2.24) is 14.8 Å². The molecule has 2 aliphatic rings. The van der Waals surface area contributed by atoms with Crippen molar-refractivity contribution < 1.29 is 9.53 Å². The minimum atomic E-state index is -0.493. The van der Waals surface area contributed by atoms with Crippen molar-refractivity contribution in [2.75, 3.05) is 62.2 Å². The Bertz CT molecular complexity index is 820. The lowest BCUT2D eigenvalue weighted by molar-refractivity contribution is 0.0240. The standard InChI is InChI=1S/C23H36N6O2/c1-22(2,3)29-13-11-27(12-14-29)20-16-19(15-18(17-24)25-20)26-7-9-28(10-8-26)21(30)31-23(4,5)6/h15-16H,7-14H2,1-6H3. The van der Waals surface area contributed by atoms with Crippen LogP contribution in [0.3, 0.4) is 0 Å². The summed E-state index contributed by atoms with van der Waals surface area (Å²) in [6.45, 7) is 18.7. The molecule has 0 aliphatic carbocycles. The molecule has 2 aliphatic heterocycles. The summed E-state index contributed by atoms with van der Waals surface area (Å²) < 4.78 is 5.49. The van der Waals surface area contributed by atoms with Crippen LogP contribution >= 0.6 is 0 Å². The molecular weight excluding hydrogens is 392 g/mol. The normalized spacial score (nSPS) is 18.7. The Hall–Kier alpha value is -2.53. The summed E-state index contributed by atoms with van der Waals surface area (Å²) >= 11 is 0. The lowest BCUT2D eigenvalue weighted by atomic mass is 10.0. The maximum absolute atomic E-state index is 12.3. The van der Waals surface area contributed by atoms with Crippen LogP contribution in [-0.2, 0) is 4.74 Å². The lowest BCUT2D eigenvalue weighted by Gasteiger charge is -2.43. The Balaban J connectivity index is 1.67. The number of hydrogen-bond donors (Lipinski definition) is 0. The van der Waals surface area contributed by atoms with Crippen LogP contribution in [0.2, 0.25) is 0 Å². The number of hydrogen-bond acceptors (Lipinski definition) is 7. The highest BCUT2D eigenvalue weighted by Gasteiger charge is 2.28. The van der Waals surface area contributed by atoms with Gasteiger partial charge in [0.2, 0.25) is 0 Å². The Morgan fingerprint density at radius 1 is 0.935 bits per heavy atom.